The third kappa shape index (κ3) is 8.62. The first-order valence-corrected chi connectivity index (χ1v) is 13.7. The lowest BCUT2D eigenvalue weighted by Crippen LogP contribution is -2.42. The molecule has 0 bridgehead atoms. The van der Waals surface area contributed by atoms with E-state index in [9.17, 15) is 5.26 Å². The number of rotatable bonds is 14. The van der Waals surface area contributed by atoms with Crippen molar-refractivity contribution in [2.45, 2.75) is 96.4 Å². The Balaban J connectivity index is 1.54. The molecule has 0 aromatic heterocycles. The molecular formula is C31H44N2O3. The van der Waals surface area contributed by atoms with Crippen LogP contribution in [0.25, 0.3) is 0 Å². The molecule has 1 saturated heterocycles. The number of unbranched alkanes of at least 4 members (excludes halogenated alkanes) is 7. The van der Waals surface area contributed by atoms with Crippen LogP contribution in [0.4, 0.5) is 0 Å². The molecule has 1 fully saturated rings. The molecule has 3 rings (SSSR count). The fourth-order valence-electron chi connectivity index (χ4n) is 4.86. The molecule has 1 aliphatic rings. The van der Waals surface area contributed by atoms with Gasteiger partial charge >= 0.3 is 0 Å². The predicted octanol–water partition coefficient (Wildman–Crippen LogP) is 6.79. The standard InChI is InChI=1S/C31H44N2O3/c1-31(2,3)33-23-28(36-30(33)26-15-12-10-13-16-26)24-35-29-19-18-25(22-32)21-27(29)17-11-8-6-4-5-7-9-14-20-34/h10,12-13,15-16,18-19,21,28,30,34H,4-9,11,14,17,20,23-24H2,1-3H3. The fourth-order valence-corrected chi connectivity index (χ4v) is 4.86. The van der Waals surface area contributed by atoms with E-state index in [-0.39, 0.29) is 17.9 Å². The highest BCUT2D eigenvalue weighted by molar-refractivity contribution is 5.42. The van der Waals surface area contributed by atoms with E-state index in [1.165, 1.54) is 37.7 Å². The summed E-state index contributed by atoms with van der Waals surface area (Å²) in [5.74, 6) is 0.868. The SMILES string of the molecule is CC(C)(C)N1CC(COc2ccc(C#N)cc2CCCCCCCCCCO)OC1c1ccccc1. The number of aryl methyl sites for hydroxylation is 1. The van der Waals surface area contributed by atoms with Gasteiger partial charge in [-0.3, -0.25) is 4.90 Å². The molecule has 0 spiro atoms. The minimum Gasteiger partial charge on any atom is -0.491 e. The molecule has 196 valence electrons. The molecule has 2 aromatic carbocycles. The average molecular weight is 493 g/mol. The highest BCUT2D eigenvalue weighted by Crippen LogP contribution is 2.36. The Hall–Kier alpha value is -2.39. The minimum absolute atomic E-state index is 0.0201. The maximum atomic E-state index is 9.40. The maximum absolute atomic E-state index is 9.40. The Labute approximate surface area is 218 Å². The van der Waals surface area contributed by atoms with Crippen molar-refractivity contribution in [1.29, 1.82) is 5.26 Å². The number of hydrogen-bond acceptors (Lipinski definition) is 5. The van der Waals surface area contributed by atoms with E-state index in [0.29, 0.717) is 18.8 Å². The molecule has 2 atom stereocenters. The summed E-state index contributed by atoms with van der Waals surface area (Å²) < 4.78 is 12.8. The molecule has 5 heteroatoms. The van der Waals surface area contributed by atoms with Gasteiger partial charge < -0.3 is 14.6 Å². The highest BCUT2D eigenvalue weighted by atomic mass is 16.6. The summed E-state index contributed by atoms with van der Waals surface area (Å²) in [5.41, 5.74) is 2.94. The smallest absolute Gasteiger partial charge is 0.137 e. The van der Waals surface area contributed by atoms with E-state index in [1.54, 1.807) is 0 Å². The predicted molar refractivity (Wildman–Crippen MR) is 145 cm³/mol. The molecule has 0 amide bonds. The second-order valence-corrected chi connectivity index (χ2v) is 10.9. The topological polar surface area (TPSA) is 65.7 Å². The zero-order valence-electron chi connectivity index (χ0n) is 22.4. The van der Waals surface area contributed by atoms with Crippen molar-refractivity contribution < 1.29 is 14.6 Å². The zero-order valence-corrected chi connectivity index (χ0v) is 22.4. The number of nitrogens with zero attached hydrogens (tertiary/aromatic N) is 2. The second-order valence-electron chi connectivity index (χ2n) is 10.9. The van der Waals surface area contributed by atoms with Gasteiger partial charge in [0, 0.05) is 18.7 Å². The molecule has 2 aromatic rings. The van der Waals surface area contributed by atoms with Crippen LogP contribution >= 0.6 is 0 Å². The van der Waals surface area contributed by atoms with Crippen molar-refractivity contribution in [2.24, 2.45) is 0 Å². The van der Waals surface area contributed by atoms with Gasteiger partial charge in [0.15, 0.2) is 0 Å². The summed E-state index contributed by atoms with van der Waals surface area (Å²) in [6.45, 7) is 8.28. The number of ether oxygens (including phenoxy) is 2. The number of hydrogen-bond donors (Lipinski definition) is 1. The normalized spacial score (nSPS) is 18.3. The summed E-state index contributed by atoms with van der Waals surface area (Å²) in [6.07, 6.45) is 10.1. The molecule has 2 unspecified atom stereocenters. The van der Waals surface area contributed by atoms with Gasteiger partial charge in [-0.15, -0.1) is 0 Å². The molecule has 36 heavy (non-hydrogen) atoms. The van der Waals surface area contributed by atoms with Gasteiger partial charge in [-0.05, 0) is 69.4 Å². The molecular weight excluding hydrogens is 448 g/mol. The van der Waals surface area contributed by atoms with E-state index in [0.717, 1.165) is 43.5 Å². The van der Waals surface area contributed by atoms with Gasteiger partial charge in [0.1, 0.15) is 24.7 Å². The Morgan fingerprint density at radius 1 is 0.972 bits per heavy atom. The van der Waals surface area contributed by atoms with Crippen LogP contribution in [-0.4, -0.2) is 41.4 Å². The number of aliphatic hydroxyl groups excluding tert-OH is 1. The number of aliphatic hydroxyl groups is 1. The van der Waals surface area contributed by atoms with Gasteiger partial charge in [0.25, 0.3) is 0 Å². The monoisotopic (exact) mass is 492 g/mol. The van der Waals surface area contributed by atoms with E-state index < -0.39 is 0 Å². The Bertz CT molecular complexity index is 949. The van der Waals surface area contributed by atoms with Crippen LogP contribution in [-0.2, 0) is 11.2 Å². The van der Waals surface area contributed by atoms with Crippen molar-refractivity contribution in [3.05, 3.63) is 65.2 Å². The van der Waals surface area contributed by atoms with Gasteiger partial charge in [-0.25, -0.2) is 0 Å². The quantitative estimate of drug-likeness (QED) is 0.294. The molecule has 0 saturated carbocycles. The lowest BCUT2D eigenvalue weighted by Gasteiger charge is -2.35. The van der Waals surface area contributed by atoms with Crippen LogP contribution in [0.1, 0.15) is 95.1 Å². The first kappa shape index (κ1) is 28.2. The van der Waals surface area contributed by atoms with E-state index >= 15 is 0 Å². The Morgan fingerprint density at radius 3 is 2.28 bits per heavy atom. The third-order valence-electron chi connectivity index (χ3n) is 6.92. The average Bonchev–Trinajstić information content (AvgIpc) is 3.32. The van der Waals surface area contributed by atoms with E-state index in [1.807, 2.05) is 24.3 Å². The minimum atomic E-state index is -0.0797. The van der Waals surface area contributed by atoms with E-state index in [2.05, 4.69) is 56.0 Å². The van der Waals surface area contributed by atoms with Crippen molar-refractivity contribution in [3.8, 4) is 11.8 Å². The second kappa shape index (κ2) is 14.4. The lowest BCUT2D eigenvalue weighted by atomic mass is 10.0. The van der Waals surface area contributed by atoms with Crippen molar-refractivity contribution in [2.75, 3.05) is 19.8 Å². The van der Waals surface area contributed by atoms with Crippen LogP contribution in [0, 0.1) is 11.3 Å². The largest absolute Gasteiger partial charge is 0.491 e. The molecule has 1 heterocycles. The van der Waals surface area contributed by atoms with Gasteiger partial charge in [-0.2, -0.15) is 5.26 Å². The van der Waals surface area contributed by atoms with Crippen LogP contribution in [0.3, 0.4) is 0 Å². The highest BCUT2D eigenvalue weighted by Gasteiger charge is 2.40. The molecule has 1 N–H and O–H groups in total. The van der Waals surface area contributed by atoms with Crippen molar-refractivity contribution in [3.63, 3.8) is 0 Å². The molecule has 0 aliphatic carbocycles. The fraction of sp³-hybridized carbons (Fsp3) is 0.581. The first-order chi connectivity index (χ1) is 17.4. The van der Waals surface area contributed by atoms with Crippen LogP contribution in [0.2, 0.25) is 0 Å². The maximum Gasteiger partial charge on any atom is 0.137 e. The third-order valence-corrected chi connectivity index (χ3v) is 6.92. The Morgan fingerprint density at radius 2 is 1.64 bits per heavy atom. The zero-order chi connectivity index (χ0) is 25.8. The molecule has 0 radical (unpaired) electrons. The van der Waals surface area contributed by atoms with Gasteiger partial charge in [-0.1, -0.05) is 68.9 Å². The summed E-state index contributed by atoms with van der Waals surface area (Å²) in [6, 6.07) is 18.4. The van der Waals surface area contributed by atoms with Crippen molar-refractivity contribution in [1.82, 2.24) is 4.90 Å². The molecule has 1 aliphatic heterocycles. The summed E-state index contributed by atoms with van der Waals surface area (Å²) in [4.78, 5) is 2.40. The lowest BCUT2D eigenvalue weighted by molar-refractivity contribution is -0.0398. The van der Waals surface area contributed by atoms with Crippen LogP contribution in [0.5, 0.6) is 5.75 Å². The van der Waals surface area contributed by atoms with Crippen LogP contribution in [0.15, 0.2) is 48.5 Å². The van der Waals surface area contributed by atoms with Gasteiger partial charge in [0.2, 0.25) is 0 Å². The molecule has 5 nitrogen and oxygen atoms in total. The summed E-state index contributed by atoms with van der Waals surface area (Å²) in [5, 5.41) is 18.3. The van der Waals surface area contributed by atoms with Gasteiger partial charge in [0.05, 0.1) is 11.6 Å². The van der Waals surface area contributed by atoms with Crippen LogP contribution < -0.4 is 4.74 Å². The van der Waals surface area contributed by atoms with Crippen molar-refractivity contribution >= 4 is 0 Å². The van der Waals surface area contributed by atoms with E-state index in [4.69, 9.17) is 14.6 Å². The Kier molecular flexibility index (Phi) is 11.3. The number of benzene rings is 2. The number of nitriles is 1. The first-order valence-electron chi connectivity index (χ1n) is 13.7. The summed E-state index contributed by atoms with van der Waals surface area (Å²) in [7, 11) is 0. The summed E-state index contributed by atoms with van der Waals surface area (Å²) >= 11 is 0.